The Hall–Kier alpha value is -3.22. The average molecular weight is 416 g/mol. The van der Waals surface area contributed by atoms with Crippen LogP contribution in [0.4, 0.5) is 9.59 Å². The van der Waals surface area contributed by atoms with Gasteiger partial charge in [0.15, 0.2) is 0 Å². The molecular weight excluding hydrogens is 388 g/mol. The van der Waals surface area contributed by atoms with Crippen molar-refractivity contribution in [1.29, 1.82) is 0 Å². The number of hydrogen-bond acceptors (Lipinski definition) is 4. The van der Waals surface area contributed by atoms with Gasteiger partial charge in [-0.15, -0.1) is 0 Å². The van der Waals surface area contributed by atoms with Gasteiger partial charge in [-0.25, -0.2) is 9.59 Å². The molecule has 30 heavy (non-hydrogen) atoms. The summed E-state index contributed by atoms with van der Waals surface area (Å²) in [6.07, 6.45) is 0.0418. The zero-order chi connectivity index (χ0) is 22.5. The van der Waals surface area contributed by atoms with E-state index >= 15 is 0 Å². The Morgan fingerprint density at radius 2 is 1.37 bits per heavy atom. The molecule has 7 nitrogen and oxygen atoms in total. The molecule has 0 amide bonds. The van der Waals surface area contributed by atoms with E-state index in [-0.39, 0.29) is 16.6 Å². The largest absolute Gasteiger partial charge is 0.511 e. The van der Waals surface area contributed by atoms with Crippen molar-refractivity contribution in [3.8, 4) is 11.5 Å². The molecular formula is C23H28O7. The van der Waals surface area contributed by atoms with Crippen molar-refractivity contribution in [2.45, 2.75) is 45.4 Å². The number of carbonyl (C=O) groups is 2. The Morgan fingerprint density at radius 1 is 0.900 bits per heavy atom. The molecule has 3 rings (SSSR count). The van der Waals surface area contributed by atoms with Crippen LogP contribution in [0, 0.1) is 11.3 Å². The Labute approximate surface area is 175 Å². The molecule has 4 N–H and O–H groups in total. The van der Waals surface area contributed by atoms with Crippen LogP contribution in [-0.2, 0) is 5.41 Å². The van der Waals surface area contributed by atoms with E-state index in [4.69, 9.17) is 24.9 Å². The molecule has 7 heteroatoms. The number of rotatable bonds is 3. The van der Waals surface area contributed by atoms with Crippen molar-refractivity contribution in [3.05, 3.63) is 59.7 Å². The molecule has 1 aliphatic carbocycles. The molecule has 2 unspecified atom stereocenters. The SMILES string of the molecule is CC1CC(C)(C)CC(c2ccc(O)cc2)(c2ccc(OC(=O)O)cc2)C1.O=C(O)O. The molecule has 1 saturated carbocycles. The van der Waals surface area contributed by atoms with Crippen LogP contribution >= 0.6 is 0 Å². The minimum Gasteiger partial charge on any atom is -0.508 e. The van der Waals surface area contributed by atoms with Gasteiger partial charge < -0.3 is 25.2 Å². The third kappa shape index (κ3) is 5.89. The summed E-state index contributed by atoms with van der Waals surface area (Å²) < 4.78 is 4.76. The van der Waals surface area contributed by atoms with Crippen LogP contribution < -0.4 is 4.74 Å². The molecule has 0 spiro atoms. The fraction of sp³-hybridized carbons (Fsp3) is 0.391. The van der Waals surface area contributed by atoms with Crippen molar-refractivity contribution < 1.29 is 34.8 Å². The van der Waals surface area contributed by atoms with Gasteiger partial charge in [-0.2, -0.15) is 0 Å². The predicted octanol–water partition coefficient (Wildman–Crippen LogP) is 5.80. The fourth-order valence-corrected chi connectivity index (χ4v) is 4.90. The third-order valence-electron chi connectivity index (χ3n) is 5.41. The first-order chi connectivity index (χ1) is 13.9. The maximum atomic E-state index is 10.8. The topological polar surface area (TPSA) is 124 Å². The van der Waals surface area contributed by atoms with Gasteiger partial charge in [-0.1, -0.05) is 45.0 Å². The van der Waals surface area contributed by atoms with Gasteiger partial charge in [0.2, 0.25) is 0 Å². The van der Waals surface area contributed by atoms with Gasteiger partial charge in [0.25, 0.3) is 0 Å². The van der Waals surface area contributed by atoms with Gasteiger partial charge >= 0.3 is 12.3 Å². The number of carboxylic acid groups (broad SMARTS) is 3. The second-order valence-corrected chi connectivity index (χ2v) is 8.66. The molecule has 2 aromatic rings. The minimum atomic E-state index is -1.83. The molecule has 1 fully saturated rings. The lowest BCUT2D eigenvalue weighted by Crippen LogP contribution is -2.41. The summed E-state index contributed by atoms with van der Waals surface area (Å²) in [5.74, 6) is 1.14. The van der Waals surface area contributed by atoms with Gasteiger partial charge in [0.05, 0.1) is 0 Å². The molecule has 1 aliphatic rings. The zero-order valence-corrected chi connectivity index (χ0v) is 17.3. The van der Waals surface area contributed by atoms with Crippen LogP contribution in [-0.4, -0.2) is 32.7 Å². The molecule has 0 aromatic heterocycles. The number of phenolic OH excluding ortho intramolecular Hbond substituents is 1. The van der Waals surface area contributed by atoms with Crippen molar-refractivity contribution in [2.24, 2.45) is 11.3 Å². The van der Waals surface area contributed by atoms with E-state index in [0.717, 1.165) is 18.4 Å². The van der Waals surface area contributed by atoms with Crippen molar-refractivity contribution in [1.82, 2.24) is 0 Å². The van der Waals surface area contributed by atoms with Crippen molar-refractivity contribution >= 4 is 12.3 Å². The second-order valence-electron chi connectivity index (χ2n) is 8.66. The molecule has 0 heterocycles. The highest BCUT2D eigenvalue weighted by Crippen LogP contribution is 2.53. The van der Waals surface area contributed by atoms with E-state index in [1.165, 1.54) is 12.0 Å². The number of benzene rings is 2. The Balaban J connectivity index is 0.000000735. The summed E-state index contributed by atoms with van der Waals surface area (Å²) in [4.78, 5) is 19.3. The molecule has 0 radical (unpaired) electrons. The Bertz CT molecular complexity index is 867. The first-order valence-corrected chi connectivity index (χ1v) is 9.66. The van der Waals surface area contributed by atoms with E-state index in [9.17, 15) is 9.90 Å². The van der Waals surface area contributed by atoms with Crippen LogP contribution in [0.5, 0.6) is 11.5 Å². The number of phenols is 1. The number of ether oxygens (including phenoxy) is 1. The summed E-state index contributed by atoms with van der Waals surface area (Å²) in [5, 5.41) is 32.5. The first kappa shape index (κ1) is 23.1. The highest BCUT2D eigenvalue weighted by atomic mass is 16.7. The lowest BCUT2D eigenvalue weighted by atomic mass is 9.55. The van der Waals surface area contributed by atoms with Crippen LogP contribution in [0.1, 0.15) is 51.2 Å². The van der Waals surface area contributed by atoms with Crippen LogP contribution in [0.2, 0.25) is 0 Å². The summed E-state index contributed by atoms with van der Waals surface area (Å²) in [5.41, 5.74) is 2.35. The van der Waals surface area contributed by atoms with E-state index < -0.39 is 12.3 Å². The lowest BCUT2D eigenvalue weighted by Gasteiger charge is -2.48. The maximum absolute atomic E-state index is 10.8. The van der Waals surface area contributed by atoms with Gasteiger partial charge in [-0.05, 0) is 66.0 Å². The van der Waals surface area contributed by atoms with Crippen molar-refractivity contribution in [2.75, 3.05) is 0 Å². The highest BCUT2D eigenvalue weighted by Gasteiger charge is 2.45. The van der Waals surface area contributed by atoms with E-state index in [1.807, 2.05) is 24.3 Å². The maximum Gasteiger partial charge on any atom is 0.511 e. The molecule has 0 aliphatic heterocycles. The third-order valence-corrected chi connectivity index (χ3v) is 5.41. The van der Waals surface area contributed by atoms with Crippen LogP contribution in [0.25, 0.3) is 0 Å². The average Bonchev–Trinajstić information content (AvgIpc) is 2.60. The Morgan fingerprint density at radius 3 is 1.80 bits per heavy atom. The normalized spacial score (nSPS) is 22.3. The van der Waals surface area contributed by atoms with E-state index in [0.29, 0.717) is 11.7 Å². The Kier molecular flexibility index (Phi) is 6.97. The number of hydrogen-bond donors (Lipinski definition) is 4. The van der Waals surface area contributed by atoms with E-state index in [1.54, 1.807) is 24.3 Å². The standard InChI is InChI=1S/C22H26O4.CH2O3/c1-15-12-21(2,3)14-22(13-15,16-4-8-18(23)9-5-16)17-6-10-19(11-7-17)26-20(24)25;2-1(3)4/h4-11,15,23H,12-14H2,1-3H3,(H,24,25);(H2,2,3,4). The van der Waals surface area contributed by atoms with Crippen molar-refractivity contribution in [3.63, 3.8) is 0 Å². The highest BCUT2D eigenvalue weighted by molar-refractivity contribution is 5.61. The zero-order valence-electron chi connectivity index (χ0n) is 17.3. The smallest absolute Gasteiger partial charge is 0.508 e. The van der Waals surface area contributed by atoms with Gasteiger partial charge in [-0.3, -0.25) is 0 Å². The van der Waals surface area contributed by atoms with Gasteiger partial charge in [0, 0.05) is 5.41 Å². The molecule has 2 atom stereocenters. The summed E-state index contributed by atoms with van der Waals surface area (Å²) >= 11 is 0. The minimum absolute atomic E-state index is 0.170. The lowest BCUT2D eigenvalue weighted by molar-refractivity contribution is 0.126. The van der Waals surface area contributed by atoms with Crippen LogP contribution in [0.15, 0.2) is 48.5 Å². The monoisotopic (exact) mass is 416 g/mol. The first-order valence-electron chi connectivity index (χ1n) is 9.66. The molecule has 0 saturated heterocycles. The number of aromatic hydroxyl groups is 1. The second kappa shape index (κ2) is 9.07. The fourth-order valence-electron chi connectivity index (χ4n) is 4.90. The molecule has 162 valence electrons. The van der Waals surface area contributed by atoms with E-state index in [2.05, 4.69) is 20.8 Å². The van der Waals surface area contributed by atoms with Crippen LogP contribution in [0.3, 0.4) is 0 Å². The summed E-state index contributed by atoms with van der Waals surface area (Å²) in [7, 11) is 0. The quantitative estimate of drug-likeness (QED) is 0.368. The molecule has 0 bridgehead atoms. The van der Waals surface area contributed by atoms with Gasteiger partial charge in [0.1, 0.15) is 11.5 Å². The summed E-state index contributed by atoms with van der Waals surface area (Å²) in [6.45, 7) is 6.90. The summed E-state index contributed by atoms with van der Waals surface area (Å²) in [6, 6.07) is 14.9. The molecule has 2 aromatic carbocycles. The predicted molar refractivity (Wildman–Crippen MR) is 111 cm³/mol.